The SMILES string of the molecule is CCCCCCCCCCCCOC(=O)C[N+](C)(C)CCOCCO. The molecule has 0 spiro atoms. The van der Waals surface area contributed by atoms with E-state index in [-0.39, 0.29) is 12.6 Å². The zero-order valence-electron chi connectivity index (χ0n) is 16.9. The molecule has 0 aromatic carbocycles. The molecule has 0 atom stereocenters. The number of aliphatic hydroxyl groups is 1. The molecule has 0 aromatic rings. The molecule has 5 heteroatoms. The number of rotatable bonds is 18. The highest BCUT2D eigenvalue weighted by Crippen LogP contribution is 2.10. The van der Waals surface area contributed by atoms with Gasteiger partial charge in [-0.05, 0) is 6.42 Å². The minimum atomic E-state index is -0.136. The molecule has 0 aliphatic heterocycles. The van der Waals surface area contributed by atoms with E-state index in [0.717, 1.165) is 19.4 Å². The smallest absolute Gasteiger partial charge is 0.361 e. The van der Waals surface area contributed by atoms with Crippen LogP contribution in [0, 0.1) is 0 Å². The Morgan fingerprint density at radius 3 is 1.96 bits per heavy atom. The summed E-state index contributed by atoms with van der Waals surface area (Å²) in [6.45, 7) is 4.81. The normalized spacial score (nSPS) is 11.7. The molecule has 25 heavy (non-hydrogen) atoms. The number of carbonyl (C=O) groups excluding carboxylic acids is 1. The first-order valence-corrected chi connectivity index (χ1v) is 10.2. The highest BCUT2D eigenvalue weighted by atomic mass is 16.5. The zero-order chi connectivity index (χ0) is 18.8. The lowest BCUT2D eigenvalue weighted by atomic mass is 10.1. The van der Waals surface area contributed by atoms with Crippen LogP contribution in [-0.2, 0) is 14.3 Å². The predicted octanol–water partition coefficient (Wildman–Crippen LogP) is 3.54. The van der Waals surface area contributed by atoms with Crippen molar-refractivity contribution < 1.29 is 23.9 Å². The number of esters is 1. The van der Waals surface area contributed by atoms with Gasteiger partial charge in [-0.15, -0.1) is 0 Å². The summed E-state index contributed by atoms with van der Waals surface area (Å²) in [5.74, 6) is -0.136. The van der Waals surface area contributed by atoms with Crippen molar-refractivity contribution in [2.45, 2.75) is 71.1 Å². The van der Waals surface area contributed by atoms with Gasteiger partial charge in [0.1, 0.15) is 6.54 Å². The molecule has 0 aliphatic carbocycles. The summed E-state index contributed by atoms with van der Waals surface area (Å²) in [7, 11) is 3.98. The number of nitrogens with zero attached hydrogens (tertiary/aromatic N) is 1. The van der Waals surface area contributed by atoms with Crippen LogP contribution in [0.4, 0.5) is 0 Å². The largest absolute Gasteiger partial charge is 0.462 e. The van der Waals surface area contributed by atoms with Crippen LogP contribution >= 0.6 is 0 Å². The third kappa shape index (κ3) is 18.0. The molecule has 0 aromatic heterocycles. The standard InChI is InChI=1S/C20H42NO4/c1-4-5-6-7-8-9-10-11-12-13-16-25-20(23)19-21(2,3)14-17-24-18-15-22/h22H,4-19H2,1-3H3/q+1. The maximum atomic E-state index is 11.9. The fourth-order valence-corrected chi connectivity index (χ4v) is 2.73. The summed E-state index contributed by atoms with van der Waals surface area (Å²) in [5, 5.41) is 8.67. The van der Waals surface area contributed by atoms with Gasteiger partial charge in [-0.1, -0.05) is 64.7 Å². The van der Waals surface area contributed by atoms with E-state index in [1.165, 1.54) is 51.4 Å². The Hall–Kier alpha value is -0.650. The zero-order valence-corrected chi connectivity index (χ0v) is 16.9. The molecule has 0 unspecified atom stereocenters. The van der Waals surface area contributed by atoms with Crippen molar-refractivity contribution in [2.24, 2.45) is 0 Å². The van der Waals surface area contributed by atoms with Crippen molar-refractivity contribution in [3.63, 3.8) is 0 Å². The van der Waals surface area contributed by atoms with E-state index >= 15 is 0 Å². The molecule has 0 fully saturated rings. The highest BCUT2D eigenvalue weighted by Gasteiger charge is 2.20. The quantitative estimate of drug-likeness (QED) is 0.231. The van der Waals surface area contributed by atoms with E-state index in [4.69, 9.17) is 14.6 Å². The van der Waals surface area contributed by atoms with Gasteiger partial charge < -0.3 is 19.1 Å². The molecule has 5 nitrogen and oxygen atoms in total. The first-order valence-electron chi connectivity index (χ1n) is 10.2. The van der Waals surface area contributed by atoms with Crippen LogP contribution in [0.15, 0.2) is 0 Å². The Labute approximate surface area is 155 Å². The minimum Gasteiger partial charge on any atom is -0.462 e. The number of quaternary nitrogens is 1. The van der Waals surface area contributed by atoms with E-state index in [9.17, 15) is 4.79 Å². The van der Waals surface area contributed by atoms with Crippen LogP contribution in [0.3, 0.4) is 0 Å². The summed E-state index contributed by atoms with van der Waals surface area (Å²) in [6, 6.07) is 0. The van der Waals surface area contributed by atoms with Gasteiger partial charge in [0.25, 0.3) is 0 Å². The van der Waals surface area contributed by atoms with Crippen LogP contribution in [0.5, 0.6) is 0 Å². The Balaban J connectivity index is 3.45. The van der Waals surface area contributed by atoms with Gasteiger partial charge in [0.2, 0.25) is 0 Å². The van der Waals surface area contributed by atoms with Gasteiger partial charge in [-0.3, -0.25) is 0 Å². The molecular weight excluding hydrogens is 318 g/mol. The summed E-state index contributed by atoms with van der Waals surface area (Å²) >= 11 is 0. The topological polar surface area (TPSA) is 55.8 Å². The van der Waals surface area contributed by atoms with E-state index in [2.05, 4.69) is 6.92 Å². The average molecular weight is 361 g/mol. The summed E-state index contributed by atoms with van der Waals surface area (Å²) < 4.78 is 11.1. The highest BCUT2D eigenvalue weighted by molar-refractivity contribution is 5.70. The van der Waals surface area contributed by atoms with Gasteiger partial charge in [0, 0.05) is 0 Å². The van der Waals surface area contributed by atoms with Crippen molar-refractivity contribution in [1.82, 2.24) is 0 Å². The van der Waals surface area contributed by atoms with Crippen molar-refractivity contribution >= 4 is 5.97 Å². The van der Waals surface area contributed by atoms with Gasteiger partial charge >= 0.3 is 5.97 Å². The molecule has 0 bridgehead atoms. The first kappa shape index (κ1) is 24.4. The second kappa shape index (κ2) is 16.8. The summed E-state index contributed by atoms with van der Waals surface area (Å²) in [5.41, 5.74) is 0. The maximum Gasteiger partial charge on any atom is 0.361 e. The van der Waals surface area contributed by atoms with Crippen molar-refractivity contribution in [2.75, 3.05) is 53.6 Å². The van der Waals surface area contributed by atoms with Crippen LogP contribution in [0.1, 0.15) is 71.1 Å². The second-order valence-corrected chi connectivity index (χ2v) is 7.56. The third-order valence-electron chi connectivity index (χ3n) is 4.39. The number of aliphatic hydroxyl groups excluding tert-OH is 1. The molecule has 0 saturated heterocycles. The molecule has 0 saturated carbocycles. The molecule has 0 radical (unpaired) electrons. The molecule has 0 heterocycles. The van der Waals surface area contributed by atoms with Crippen LogP contribution in [-0.4, -0.2) is 69.2 Å². The fourth-order valence-electron chi connectivity index (χ4n) is 2.73. The van der Waals surface area contributed by atoms with Gasteiger partial charge in [-0.25, -0.2) is 4.79 Å². The average Bonchev–Trinajstić information content (AvgIpc) is 2.56. The van der Waals surface area contributed by atoms with Crippen LogP contribution < -0.4 is 0 Å². The lowest BCUT2D eigenvalue weighted by Gasteiger charge is -2.28. The summed E-state index contributed by atoms with van der Waals surface area (Å²) in [6.07, 6.45) is 12.8. The number of ether oxygens (including phenoxy) is 2. The molecule has 0 rings (SSSR count). The number of unbranched alkanes of at least 4 members (excludes halogenated alkanes) is 9. The number of hydrogen-bond acceptors (Lipinski definition) is 4. The fraction of sp³-hybridized carbons (Fsp3) is 0.950. The van der Waals surface area contributed by atoms with Crippen LogP contribution in [0.25, 0.3) is 0 Å². The maximum absolute atomic E-state index is 11.9. The first-order chi connectivity index (χ1) is 12.0. The molecule has 1 N–H and O–H groups in total. The van der Waals surface area contributed by atoms with Gasteiger partial charge in [0.15, 0.2) is 6.54 Å². The van der Waals surface area contributed by atoms with E-state index < -0.39 is 0 Å². The molecule has 0 aliphatic rings. The van der Waals surface area contributed by atoms with E-state index in [1.54, 1.807) is 0 Å². The predicted molar refractivity (Wildman–Crippen MR) is 103 cm³/mol. The Morgan fingerprint density at radius 1 is 0.840 bits per heavy atom. The van der Waals surface area contributed by atoms with Gasteiger partial charge in [-0.2, -0.15) is 0 Å². The Morgan fingerprint density at radius 2 is 1.40 bits per heavy atom. The van der Waals surface area contributed by atoms with Crippen molar-refractivity contribution in [1.29, 1.82) is 0 Å². The molecule has 0 amide bonds. The lowest BCUT2D eigenvalue weighted by Crippen LogP contribution is -2.46. The van der Waals surface area contributed by atoms with Crippen molar-refractivity contribution in [3.8, 4) is 0 Å². The monoisotopic (exact) mass is 360 g/mol. The molecular formula is C20H42NO4+. The Kier molecular flexibility index (Phi) is 16.4. The second-order valence-electron chi connectivity index (χ2n) is 7.56. The number of likely N-dealkylation sites (N-methyl/N-ethyl adjacent to an activating group) is 1. The van der Waals surface area contributed by atoms with Crippen LogP contribution in [0.2, 0.25) is 0 Å². The Bertz CT molecular complexity index is 308. The lowest BCUT2D eigenvalue weighted by molar-refractivity contribution is -0.883. The number of carbonyl (C=O) groups is 1. The number of hydrogen-bond donors (Lipinski definition) is 1. The van der Waals surface area contributed by atoms with Crippen molar-refractivity contribution in [3.05, 3.63) is 0 Å². The minimum absolute atomic E-state index is 0.0360. The van der Waals surface area contributed by atoms with Gasteiger partial charge in [0.05, 0.1) is 40.5 Å². The van der Waals surface area contributed by atoms with E-state index in [0.29, 0.717) is 30.8 Å². The van der Waals surface area contributed by atoms with E-state index in [1.807, 2.05) is 14.1 Å². The third-order valence-corrected chi connectivity index (χ3v) is 4.39. The molecule has 150 valence electrons. The summed E-state index contributed by atoms with van der Waals surface area (Å²) in [4.78, 5) is 11.9.